The molecule has 1 aliphatic heterocycles. The fourth-order valence-corrected chi connectivity index (χ4v) is 2.16. The van der Waals surface area contributed by atoms with Crippen LogP contribution in [0.25, 0.3) is 0 Å². The molecule has 1 saturated heterocycles. The highest BCUT2D eigenvalue weighted by atomic mass is 16.3. The van der Waals surface area contributed by atoms with Gasteiger partial charge in [0.2, 0.25) is 0 Å². The van der Waals surface area contributed by atoms with Crippen molar-refractivity contribution in [2.45, 2.75) is 32.6 Å². The van der Waals surface area contributed by atoms with E-state index in [1.165, 1.54) is 0 Å². The summed E-state index contributed by atoms with van der Waals surface area (Å²) in [4.78, 5) is 2.25. The van der Waals surface area contributed by atoms with Crippen LogP contribution in [0.15, 0.2) is 12.1 Å². The van der Waals surface area contributed by atoms with E-state index in [4.69, 9.17) is 5.11 Å². The highest BCUT2D eigenvalue weighted by Crippen LogP contribution is 2.21. The third-order valence-electron chi connectivity index (χ3n) is 3.46. The fourth-order valence-electron chi connectivity index (χ4n) is 2.16. The Morgan fingerprint density at radius 2 is 2.00 bits per heavy atom. The lowest BCUT2D eigenvalue weighted by Gasteiger charge is -2.31. The topological polar surface area (TPSA) is 49.2 Å². The first-order chi connectivity index (χ1) is 8.20. The fraction of sp³-hybridized carbons (Fsp3) is 0.692. The van der Waals surface area contributed by atoms with Gasteiger partial charge in [-0.1, -0.05) is 13.8 Å². The van der Waals surface area contributed by atoms with Crippen molar-refractivity contribution in [2.75, 3.05) is 24.6 Å². The van der Waals surface area contributed by atoms with E-state index in [0.29, 0.717) is 18.4 Å². The average Bonchev–Trinajstić information content (AvgIpc) is 2.39. The molecule has 2 heterocycles. The van der Waals surface area contributed by atoms with Crippen molar-refractivity contribution in [1.29, 1.82) is 0 Å². The Morgan fingerprint density at radius 3 is 2.47 bits per heavy atom. The van der Waals surface area contributed by atoms with E-state index in [9.17, 15) is 0 Å². The number of aliphatic hydroxyl groups excluding tert-OH is 1. The van der Waals surface area contributed by atoms with Crippen LogP contribution in [-0.2, 0) is 0 Å². The van der Waals surface area contributed by atoms with Gasteiger partial charge in [-0.2, -0.15) is 5.10 Å². The van der Waals surface area contributed by atoms with Crippen LogP contribution in [0.5, 0.6) is 0 Å². The zero-order valence-corrected chi connectivity index (χ0v) is 10.6. The Morgan fingerprint density at radius 1 is 1.29 bits per heavy atom. The van der Waals surface area contributed by atoms with Crippen molar-refractivity contribution in [3.8, 4) is 0 Å². The van der Waals surface area contributed by atoms with Gasteiger partial charge in [-0.15, -0.1) is 5.10 Å². The lowest BCUT2D eigenvalue weighted by Crippen LogP contribution is -2.35. The van der Waals surface area contributed by atoms with E-state index in [1.807, 2.05) is 0 Å². The Balaban J connectivity index is 1.99. The van der Waals surface area contributed by atoms with Gasteiger partial charge in [0.05, 0.1) is 5.69 Å². The molecule has 0 bridgehead atoms. The molecule has 2 rings (SSSR count). The van der Waals surface area contributed by atoms with Gasteiger partial charge in [0.15, 0.2) is 5.82 Å². The van der Waals surface area contributed by atoms with E-state index >= 15 is 0 Å². The van der Waals surface area contributed by atoms with Crippen molar-refractivity contribution in [2.24, 2.45) is 5.92 Å². The Hall–Kier alpha value is -1.16. The van der Waals surface area contributed by atoms with Crippen LogP contribution in [0.3, 0.4) is 0 Å². The lowest BCUT2D eigenvalue weighted by molar-refractivity contribution is 0.202. The quantitative estimate of drug-likeness (QED) is 0.868. The molecule has 0 unspecified atom stereocenters. The lowest BCUT2D eigenvalue weighted by atomic mass is 9.98. The minimum atomic E-state index is 0.311. The van der Waals surface area contributed by atoms with Gasteiger partial charge >= 0.3 is 0 Å². The van der Waals surface area contributed by atoms with Gasteiger partial charge in [0.1, 0.15) is 0 Å². The molecule has 1 N–H and O–H groups in total. The Labute approximate surface area is 103 Å². The predicted molar refractivity (Wildman–Crippen MR) is 68.1 cm³/mol. The van der Waals surface area contributed by atoms with Gasteiger partial charge in [-0.3, -0.25) is 0 Å². The van der Waals surface area contributed by atoms with E-state index < -0.39 is 0 Å². The Kier molecular flexibility index (Phi) is 3.94. The van der Waals surface area contributed by atoms with Crippen molar-refractivity contribution in [1.82, 2.24) is 10.2 Å². The minimum absolute atomic E-state index is 0.311. The maximum absolute atomic E-state index is 9.10. The molecule has 17 heavy (non-hydrogen) atoms. The second-order valence-corrected chi connectivity index (χ2v) is 5.08. The third kappa shape index (κ3) is 2.94. The summed E-state index contributed by atoms with van der Waals surface area (Å²) >= 11 is 0. The molecule has 0 aromatic carbocycles. The maximum Gasteiger partial charge on any atom is 0.151 e. The summed E-state index contributed by atoms with van der Waals surface area (Å²) in [5, 5.41) is 17.6. The van der Waals surface area contributed by atoms with E-state index in [0.717, 1.165) is 37.4 Å². The summed E-state index contributed by atoms with van der Waals surface area (Å²) < 4.78 is 0. The summed E-state index contributed by atoms with van der Waals surface area (Å²) in [6, 6.07) is 4.12. The second-order valence-electron chi connectivity index (χ2n) is 5.08. The number of piperidine rings is 1. The number of aromatic nitrogens is 2. The number of aliphatic hydroxyl groups is 1. The molecule has 0 atom stereocenters. The molecule has 94 valence electrons. The number of anilines is 1. The molecular formula is C13H21N3O. The monoisotopic (exact) mass is 235 g/mol. The highest BCUT2D eigenvalue weighted by Gasteiger charge is 2.19. The SMILES string of the molecule is CC(C)c1ccc(N2CCC(CO)CC2)nn1. The molecule has 0 saturated carbocycles. The van der Waals surface area contributed by atoms with Crippen molar-refractivity contribution >= 4 is 5.82 Å². The largest absolute Gasteiger partial charge is 0.396 e. The van der Waals surface area contributed by atoms with E-state index in [-0.39, 0.29) is 0 Å². The van der Waals surface area contributed by atoms with Crippen molar-refractivity contribution in [3.05, 3.63) is 17.8 Å². The molecule has 1 aromatic heterocycles. The van der Waals surface area contributed by atoms with Crippen LogP contribution in [0, 0.1) is 5.92 Å². The van der Waals surface area contributed by atoms with Crippen LogP contribution in [-0.4, -0.2) is 35.0 Å². The summed E-state index contributed by atoms with van der Waals surface area (Å²) in [5.74, 6) is 1.86. The molecule has 0 aliphatic carbocycles. The molecular weight excluding hydrogens is 214 g/mol. The number of hydrogen-bond donors (Lipinski definition) is 1. The summed E-state index contributed by atoms with van der Waals surface area (Å²) in [7, 11) is 0. The first kappa shape index (κ1) is 12.3. The van der Waals surface area contributed by atoms with Crippen LogP contribution in [0.1, 0.15) is 38.3 Å². The Bertz CT molecular complexity index is 342. The predicted octanol–water partition coefficient (Wildman–Crippen LogP) is 1.81. The zero-order valence-electron chi connectivity index (χ0n) is 10.6. The highest BCUT2D eigenvalue weighted by molar-refractivity contribution is 5.38. The van der Waals surface area contributed by atoms with Crippen LogP contribution < -0.4 is 4.90 Å². The minimum Gasteiger partial charge on any atom is -0.396 e. The number of nitrogens with zero attached hydrogens (tertiary/aromatic N) is 3. The maximum atomic E-state index is 9.10. The van der Waals surface area contributed by atoms with Gasteiger partial charge < -0.3 is 10.0 Å². The first-order valence-corrected chi connectivity index (χ1v) is 6.40. The molecule has 0 radical (unpaired) electrons. The van der Waals surface area contributed by atoms with Gasteiger partial charge in [-0.05, 0) is 36.8 Å². The van der Waals surface area contributed by atoms with Crippen LogP contribution in [0.4, 0.5) is 5.82 Å². The first-order valence-electron chi connectivity index (χ1n) is 6.40. The molecule has 4 nitrogen and oxygen atoms in total. The van der Waals surface area contributed by atoms with Crippen LogP contribution >= 0.6 is 0 Å². The van der Waals surface area contributed by atoms with Gasteiger partial charge in [0.25, 0.3) is 0 Å². The van der Waals surface area contributed by atoms with Gasteiger partial charge in [-0.25, -0.2) is 0 Å². The van der Waals surface area contributed by atoms with Gasteiger partial charge in [0, 0.05) is 19.7 Å². The second kappa shape index (κ2) is 5.45. The molecule has 1 aliphatic rings. The zero-order chi connectivity index (χ0) is 12.3. The number of rotatable bonds is 3. The summed E-state index contributed by atoms with van der Waals surface area (Å²) in [6.45, 7) is 6.50. The van der Waals surface area contributed by atoms with Crippen molar-refractivity contribution in [3.63, 3.8) is 0 Å². The van der Waals surface area contributed by atoms with E-state index in [1.54, 1.807) is 0 Å². The molecule has 4 heteroatoms. The van der Waals surface area contributed by atoms with E-state index in [2.05, 4.69) is 41.1 Å². The standard InChI is InChI=1S/C13H21N3O/c1-10(2)12-3-4-13(15-14-12)16-7-5-11(9-17)6-8-16/h3-4,10-11,17H,5-9H2,1-2H3. The molecule has 1 aromatic rings. The summed E-state index contributed by atoms with van der Waals surface area (Å²) in [5.41, 5.74) is 1.04. The van der Waals surface area contributed by atoms with Crippen LogP contribution in [0.2, 0.25) is 0 Å². The summed E-state index contributed by atoms with van der Waals surface area (Å²) in [6.07, 6.45) is 2.09. The van der Waals surface area contributed by atoms with Crippen molar-refractivity contribution < 1.29 is 5.11 Å². The molecule has 0 amide bonds. The molecule has 0 spiro atoms. The normalized spacial score (nSPS) is 17.8. The smallest absolute Gasteiger partial charge is 0.151 e. The average molecular weight is 235 g/mol. The number of hydrogen-bond acceptors (Lipinski definition) is 4. The molecule has 1 fully saturated rings. The third-order valence-corrected chi connectivity index (χ3v) is 3.46.